The summed E-state index contributed by atoms with van der Waals surface area (Å²) in [6, 6.07) is 2.75. The number of hydrogen-bond acceptors (Lipinski definition) is 3. The molecule has 1 aromatic heterocycles. The summed E-state index contributed by atoms with van der Waals surface area (Å²) in [4.78, 5) is 3.75. The zero-order valence-electron chi connectivity index (χ0n) is 6.97. The van der Waals surface area contributed by atoms with E-state index < -0.39 is 6.43 Å². The molecule has 3 nitrogen and oxygen atoms in total. The van der Waals surface area contributed by atoms with Crippen LogP contribution in [0.3, 0.4) is 0 Å². The van der Waals surface area contributed by atoms with Gasteiger partial charge in [-0.3, -0.25) is 0 Å². The maximum Gasteiger partial charge on any atom is 0.264 e. The second-order valence-corrected chi connectivity index (χ2v) is 3.23. The molecule has 0 aliphatic rings. The van der Waals surface area contributed by atoms with Gasteiger partial charge < -0.3 is 5.73 Å². The summed E-state index contributed by atoms with van der Waals surface area (Å²) in [5, 5.41) is 8.52. The summed E-state index contributed by atoms with van der Waals surface area (Å²) < 4.78 is 25.2. The van der Waals surface area contributed by atoms with Crippen LogP contribution in [-0.2, 0) is 6.54 Å². The summed E-state index contributed by atoms with van der Waals surface area (Å²) >= 11 is 2.99. The van der Waals surface area contributed by atoms with Crippen molar-refractivity contribution in [1.82, 2.24) is 4.98 Å². The Balaban J connectivity index is 3.37. The highest BCUT2D eigenvalue weighted by molar-refractivity contribution is 9.10. The lowest BCUT2D eigenvalue weighted by atomic mass is 10.1. The van der Waals surface area contributed by atoms with Gasteiger partial charge in [0.25, 0.3) is 6.43 Å². The Bertz CT molecular complexity index is 387. The van der Waals surface area contributed by atoms with Crippen molar-refractivity contribution in [3.8, 4) is 6.07 Å². The molecular formula is C8H6BrF2N3. The Morgan fingerprint density at radius 1 is 1.64 bits per heavy atom. The second-order valence-electron chi connectivity index (χ2n) is 2.48. The van der Waals surface area contributed by atoms with Crippen molar-refractivity contribution in [2.24, 2.45) is 5.73 Å². The molecule has 0 fully saturated rings. The molecule has 2 N–H and O–H groups in total. The van der Waals surface area contributed by atoms with E-state index in [2.05, 4.69) is 20.9 Å². The third kappa shape index (κ3) is 2.05. The molecule has 0 aromatic carbocycles. The van der Waals surface area contributed by atoms with Gasteiger partial charge >= 0.3 is 0 Å². The molecule has 1 heterocycles. The van der Waals surface area contributed by atoms with Crippen molar-refractivity contribution in [3.05, 3.63) is 27.5 Å². The molecule has 0 amide bonds. The van der Waals surface area contributed by atoms with E-state index in [1.54, 1.807) is 6.07 Å². The highest BCUT2D eigenvalue weighted by Gasteiger charge is 2.16. The first-order valence-electron chi connectivity index (χ1n) is 3.67. The standard InChI is InChI=1S/C8H6BrF2N3/c9-7-6(3-13)5(8(10)11)1-4(2-12)14-7/h1,8H,3,13H2. The van der Waals surface area contributed by atoms with Crippen LogP contribution in [0.15, 0.2) is 10.7 Å². The highest BCUT2D eigenvalue weighted by atomic mass is 79.9. The number of hydrogen-bond donors (Lipinski definition) is 1. The van der Waals surface area contributed by atoms with Crippen molar-refractivity contribution in [2.75, 3.05) is 0 Å². The highest BCUT2D eigenvalue weighted by Crippen LogP contribution is 2.27. The van der Waals surface area contributed by atoms with Gasteiger partial charge in [-0.2, -0.15) is 5.26 Å². The number of aromatic nitrogens is 1. The molecule has 1 aromatic rings. The van der Waals surface area contributed by atoms with Gasteiger partial charge in [-0.05, 0) is 22.0 Å². The SMILES string of the molecule is N#Cc1cc(C(F)F)c(CN)c(Br)n1. The first kappa shape index (κ1) is 11.0. The molecule has 0 saturated heterocycles. The van der Waals surface area contributed by atoms with Crippen molar-refractivity contribution >= 4 is 15.9 Å². The van der Waals surface area contributed by atoms with Gasteiger partial charge in [0, 0.05) is 17.7 Å². The fourth-order valence-corrected chi connectivity index (χ4v) is 1.59. The lowest BCUT2D eigenvalue weighted by Crippen LogP contribution is -2.05. The van der Waals surface area contributed by atoms with E-state index in [9.17, 15) is 8.78 Å². The molecule has 0 bridgehead atoms. The number of nitrogens with zero attached hydrogens (tertiary/aromatic N) is 2. The normalized spacial score (nSPS) is 10.3. The van der Waals surface area contributed by atoms with Crippen LogP contribution < -0.4 is 5.73 Å². The van der Waals surface area contributed by atoms with Crippen molar-refractivity contribution in [1.29, 1.82) is 5.26 Å². The number of alkyl halides is 2. The van der Waals surface area contributed by atoms with Gasteiger partial charge in [-0.25, -0.2) is 13.8 Å². The zero-order valence-corrected chi connectivity index (χ0v) is 8.55. The molecule has 0 aliphatic heterocycles. The van der Waals surface area contributed by atoms with E-state index in [4.69, 9.17) is 11.0 Å². The van der Waals surface area contributed by atoms with Crippen LogP contribution in [0.4, 0.5) is 8.78 Å². The molecule has 74 valence electrons. The maximum atomic E-state index is 12.5. The number of pyridine rings is 1. The lowest BCUT2D eigenvalue weighted by Gasteiger charge is -2.08. The Hall–Kier alpha value is -1.06. The predicted molar refractivity (Wildman–Crippen MR) is 49.5 cm³/mol. The van der Waals surface area contributed by atoms with E-state index in [0.717, 1.165) is 6.07 Å². The average molecular weight is 262 g/mol. The Morgan fingerprint density at radius 3 is 2.71 bits per heavy atom. The number of halogens is 3. The minimum atomic E-state index is -2.65. The summed E-state index contributed by atoms with van der Waals surface area (Å²) in [6.45, 7) is -0.0427. The fourth-order valence-electron chi connectivity index (χ4n) is 1.01. The third-order valence-corrected chi connectivity index (χ3v) is 2.32. The number of nitriles is 1. The van der Waals surface area contributed by atoms with E-state index in [-0.39, 0.29) is 28.0 Å². The van der Waals surface area contributed by atoms with Gasteiger partial charge in [0.1, 0.15) is 16.4 Å². The first-order chi connectivity index (χ1) is 6.60. The zero-order chi connectivity index (χ0) is 10.7. The van der Waals surface area contributed by atoms with Crippen molar-refractivity contribution < 1.29 is 8.78 Å². The summed E-state index contributed by atoms with van der Waals surface area (Å²) in [6.07, 6.45) is -2.65. The van der Waals surface area contributed by atoms with Gasteiger partial charge in [-0.15, -0.1) is 0 Å². The smallest absolute Gasteiger partial charge is 0.264 e. The van der Waals surface area contributed by atoms with E-state index >= 15 is 0 Å². The minimum absolute atomic E-state index is 0.0427. The number of rotatable bonds is 2. The largest absolute Gasteiger partial charge is 0.326 e. The Morgan fingerprint density at radius 2 is 2.29 bits per heavy atom. The van der Waals surface area contributed by atoms with Crippen LogP contribution in [0.5, 0.6) is 0 Å². The van der Waals surface area contributed by atoms with Crippen LogP contribution in [-0.4, -0.2) is 4.98 Å². The summed E-state index contributed by atoms with van der Waals surface area (Å²) in [5.74, 6) is 0. The fraction of sp³-hybridized carbons (Fsp3) is 0.250. The molecule has 0 saturated carbocycles. The molecule has 0 aliphatic carbocycles. The van der Waals surface area contributed by atoms with Gasteiger partial charge in [0.15, 0.2) is 0 Å². The second kappa shape index (κ2) is 4.44. The van der Waals surface area contributed by atoms with Gasteiger partial charge in [0.05, 0.1) is 0 Å². The summed E-state index contributed by atoms with van der Waals surface area (Å²) in [5.41, 5.74) is 5.23. The first-order valence-corrected chi connectivity index (χ1v) is 4.47. The van der Waals surface area contributed by atoms with Gasteiger partial charge in [0.2, 0.25) is 0 Å². The minimum Gasteiger partial charge on any atom is -0.326 e. The Kier molecular flexibility index (Phi) is 3.49. The monoisotopic (exact) mass is 261 g/mol. The van der Waals surface area contributed by atoms with Crippen LogP contribution >= 0.6 is 15.9 Å². The summed E-state index contributed by atoms with van der Waals surface area (Å²) in [7, 11) is 0. The molecule has 14 heavy (non-hydrogen) atoms. The third-order valence-electron chi connectivity index (χ3n) is 1.66. The number of nitrogens with two attached hydrogens (primary N) is 1. The quantitative estimate of drug-likeness (QED) is 0.830. The average Bonchev–Trinajstić information content (AvgIpc) is 2.16. The van der Waals surface area contributed by atoms with E-state index in [0.29, 0.717) is 0 Å². The van der Waals surface area contributed by atoms with Crippen LogP contribution in [0.25, 0.3) is 0 Å². The molecule has 0 atom stereocenters. The topological polar surface area (TPSA) is 62.7 Å². The molecule has 0 spiro atoms. The predicted octanol–water partition coefficient (Wildman–Crippen LogP) is 2.11. The van der Waals surface area contributed by atoms with Crippen molar-refractivity contribution in [2.45, 2.75) is 13.0 Å². The molecule has 0 unspecified atom stereocenters. The molecule has 1 rings (SSSR count). The van der Waals surface area contributed by atoms with E-state index in [1.165, 1.54) is 0 Å². The van der Waals surface area contributed by atoms with Crippen molar-refractivity contribution in [3.63, 3.8) is 0 Å². The maximum absolute atomic E-state index is 12.5. The van der Waals surface area contributed by atoms with Crippen LogP contribution in [0.2, 0.25) is 0 Å². The lowest BCUT2D eigenvalue weighted by molar-refractivity contribution is 0.150. The molecular weight excluding hydrogens is 256 g/mol. The van der Waals surface area contributed by atoms with Crippen LogP contribution in [0.1, 0.15) is 23.2 Å². The van der Waals surface area contributed by atoms with Crippen LogP contribution in [0, 0.1) is 11.3 Å². The molecule has 6 heteroatoms. The van der Waals surface area contributed by atoms with Gasteiger partial charge in [-0.1, -0.05) is 0 Å². The van der Waals surface area contributed by atoms with E-state index in [1.807, 2.05) is 0 Å². The Labute approximate surface area is 87.7 Å². The molecule has 0 radical (unpaired) electrons.